The van der Waals surface area contributed by atoms with Crippen LogP contribution in [0.25, 0.3) is 0 Å². The SMILES string of the molecule is CS(=O)(=O)C1CCCCC1NCc1ccc(N2CCCC2)nc1. The molecule has 1 saturated heterocycles. The van der Waals surface area contributed by atoms with Gasteiger partial charge in [-0.25, -0.2) is 13.4 Å². The number of sulfone groups is 1. The number of nitrogens with one attached hydrogen (secondary N) is 1. The number of hydrogen-bond donors (Lipinski definition) is 1. The summed E-state index contributed by atoms with van der Waals surface area (Å²) in [5.41, 5.74) is 1.12. The van der Waals surface area contributed by atoms with Gasteiger partial charge in [-0.3, -0.25) is 0 Å². The molecule has 23 heavy (non-hydrogen) atoms. The number of hydrogen-bond acceptors (Lipinski definition) is 5. The van der Waals surface area contributed by atoms with Crippen LogP contribution in [0.1, 0.15) is 44.1 Å². The van der Waals surface area contributed by atoms with Crippen molar-refractivity contribution in [3.8, 4) is 0 Å². The van der Waals surface area contributed by atoms with E-state index in [0.29, 0.717) is 6.54 Å². The Bertz CT molecular complexity index is 609. The molecule has 0 spiro atoms. The maximum absolute atomic E-state index is 11.9. The zero-order valence-corrected chi connectivity index (χ0v) is 14.7. The van der Waals surface area contributed by atoms with Crippen molar-refractivity contribution in [2.75, 3.05) is 24.2 Å². The minimum atomic E-state index is -2.98. The van der Waals surface area contributed by atoms with E-state index < -0.39 is 9.84 Å². The molecule has 1 aliphatic heterocycles. The maximum Gasteiger partial charge on any atom is 0.151 e. The summed E-state index contributed by atoms with van der Waals surface area (Å²) >= 11 is 0. The van der Waals surface area contributed by atoms with Crippen LogP contribution in [0.2, 0.25) is 0 Å². The summed E-state index contributed by atoms with van der Waals surface area (Å²) in [6.45, 7) is 2.88. The normalized spacial score (nSPS) is 25.7. The van der Waals surface area contributed by atoms with Crippen LogP contribution < -0.4 is 10.2 Å². The predicted molar refractivity (Wildman–Crippen MR) is 93.4 cm³/mol. The van der Waals surface area contributed by atoms with Crippen molar-refractivity contribution in [3.63, 3.8) is 0 Å². The highest BCUT2D eigenvalue weighted by Gasteiger charge is 2.32. The van der Waals surface area contributed by atoms with Gasteiger partial charge in [-0.05, 0) is 37.3 Å². The summed E-state index contributed by atoms with van der Waals surface area (Å²) in [7, 11) is -2.98. The molecule has 0 aromatic carbocycles. The summed E-state index contributed by atoms with van der Waals surface area (Å²) in [6.07, 6.45) is 9.62. The summed E-state index contributed by atoms with van der Waals surface area (Å²) in [4.78, 5) is 6.88. The summed E-state index contributed by atoms with van der Waals surface area (Å²) in [5, 5.41) is 3.21. The first kappa shape index (κ1) is 16.7. The summed E-state index contributed by atoms with van der Waals surface area (Å²) in [5.74, 6) is 1.05. The molecule has 0 bridgehead atoms. The van der Waals surface area contributed by atoms with Gasteiger partial charge in [0.25, 0.3) is 0 Å². The lowest BCUT2D eigenvalue weighted by Crippen LogP contribution is -2.45. The van der Waals surface area contributed by atoms with Crippen LogP contribution in [0.15, 0.2) is 18.3 Å². The number of aromatic nitrogens is 1. The lowest BCUT2D eigenvalue weighted by atomic mass is 9.94. The zero-order valence-electron chi connectivity index (χ0n) is 13.9. The molecule has 0 amide bonds. The molecule has 2 unspecified atom stereocenters. The van der Waals surface area contributed by atoms with Crippen molar-refractivity contribution in [1.82, 2.24) is 10.3 Å². The van der Waals surface area contributed by atoms with Crippen molar-refractivity contribution in [2.24, 2.45) is 0 Å². The van der Waals surface area contributed by atoms with E-state index in [4.69, 9.17) is 0 Å². The van der Waals surface area contributed by atoms with Crippen molar-refractivity contribution >= 4 is 15.7 Å². The van der Waals surface area contributed by atoms with Gasteiger partial charge >= 0.3 is 0 Å². The second-order valence-corrected chi connectivity index (χ2v) is 9.12. The molecule has 2 atom stereocenters. The molecule has 1 N–H and O–H groups in total. The minimum absolute atomic E-state index is 0.0667. The van der Waals surface area contributed by atoms with E-state index in [1.54, 1.807) is 0 Å². The summed E-state index contributed by atoms with van der Waals surface area (Å²) < 4.78 is 23.9. The van der Waals surface area contributed by atoms with Gasteiger partial charge in [0.1, 0.15) is 5.82 Å². The second-order valence-electron chi connectivity index (χ2n) is 6.86. The first-order chi connectivity index (χ1) is 11.0. The van der Waals surface area contributed by atoms with Gasteiger partial charge in [-0.1, -0.05) is 18.9 Å². The van der Waals surface area contributed by atoms with Crippen molar-refractivity contribution < 1.29 is 8.42 Å². The molecule has 1 saturated carbocycles. The quantitative estimate of drug-likeness (QED) is 0.892. The Morgan fingerprint density at radius 2 is 1.91 bits per heavy atom. The van der Waals surface area contributed by atoms with Crippen LogP contribution in [-0.4, -0.2) is 44.0 Å². The number of rotatable bonds is 5. The van der Waals surface area contributed by atoms with Crippen LogP contribution in [-0.2, 0) is 16.4 Å². The molecule has 1 aromatic rings. The average molecular weight is 337 g/mol. The third-order valence-corrected chi connectivity index (χ3v) is 6.72. The number of nitrogens with zero attached hydrogens (tertiary/aromatic N) is 2. The Morgan fingerprint density at radius 3 is 2.57 bits per heavy atom. The first-order valence-corrected chi connectivity index (χ1v) is 10.6. The van der Waals surface area contributed by atoms with Crippen molar-refractivity contribution in [3.05, 3.63) is 23.9 Å². The van der Waals surface area contributed by atoms with E-state index >= 15 is 0 Å². The van der Waals surface area contributed by atoms with Crippen molar-refractivity contribution in [2.45, 2.75) is 56.4 Å². The Hall–Kier alpha value is -1.14. The largest absolute Gasteiger partial charge is 0.357 e. The fraction of sp³-hybridized carbons (Fsp3) is 0.706. The van der Waals surface area contributed by atoms with E-state index in [0.717, 1.165) is 50.2 Å². The predicted octanol–water partition coefficient (Wildman–Crippen LogP) is 2.13. The van der Waals surface area contributed by atoms with Crippen LogP contribution >= 0.6 is 0 Å². The standard InChI is InChI=1S/C17H27N3O2S/c1-23(21,22)16-7-3-2-6-15(16)18-12-14-8-9-17(19-13-14)20-10-4-5-11-20/h8-9,13,15-16,18H,2-7,10-12H2,1H3. The molecule has 1 aromatic heterocycles. The highest BCUT2D eigenvalue weighted by atomic mass is 32.2. The van der Waals surface area contributed by atoms with Crippen LogP contribution in [0.3, 0.4) is 0 Å². The van der Waals surface area contributed by atoms with Gasteiger partial charge in [0.2, 0.25) is 0 Å². The van der Waals surface area contributed by atoms with E-state index in [1.807, 2.05) is 6.20 Å². The molecule has 2 fully saturated rings. The van der Waals surface area contributed by atoms with Gasteiger partial charge in [0, 0.05) is 38.1 Å². The van der Waals surface area contributed by atoms with Gasteiger partial charge in [-0.2, -0.15) is 0 Å². The fourth-order valence-corrected chi connectivity index (χ4v) is 5.17. The summed E-state index contributed by atoms with van der Waals surface area (Å²) in [6, 6.07) is 4.25. The zero-order chi connectivity index (χ0) is 16.3. The third-order valence-electron chi connectivity index (χ3n) is 5.06. The van der Waals surface area contributed by atoms with E-state index in [9.17, 15) is 8.42 Å². The highest BCUT2D eigenvalue weighted by molar-refractivity contribution is 7.91. The van der Waals surface area contributed by atoms with Crippen LogP contribution in [0.4, 0.5) is 5.82 Å². The monoisotopic (exact) mass is 337 g/mol. The Labute approximate surface area is 139 Å². The lowest BCUT2D eigenvalue weighted by Gasteiger charge is -2.31. The lowest BCUT2D eigenvalue weighted by molar-refractivity contribution is 0.370. The Kier molecular flexibility index (Phi) is 5.21. The molecular weight excluding hydrogens is 310 g/mol. The Morgan fingerprint density at radius 1 is 1.17 bits per heavy atom. The molecule has 3 rings (SSSR count). The molecule has 5 nitrogen and oxygen atoms in total. The smallest absolute Gasteiger partial charge is 0.151 e. The molecule has 128 valence electrons. The molecule has 2 aliphatic rings. The minimum Gasteiger partial charge on any atom is -0.357 e. The van der Waals surface area contributed by atoms with Gasteiger partial charge in [0.15, 0.2) is 9.84 Å². The topological polar surface area (TPSA) is 62.3 Å². The third kappa shape index (κ3) is 4.23. The molecule has 1 aliphatic carbocycles. The second kappa shape index (κ2) is 7.18. The van der Waals surface area contributed by atoms with Gasteiger partial charge < -0.3 is 10.2 Å². The molecule has 0 radical (unpaired) electrons. The average Bonchev–Trinajstić information content (AvgIpc) is 3.07. The van der Waals surface area contributed by atoms with Gasteiger partial charge in [0.05, 0.1) is 5.25 Å². The Balaban J connectivity index is 1.58. The highest BCUT2D eigenvalue weighted by Crippen LogP contribution is 2.24. The van der Waals surface area contributed by atoms with E-state index in [-0.39, 0.29) is 11.3 Å². The maximum atomic E-state index is 11.9. The molecule has 2 heterocycles. The van der Waals surface area contributed by atoms with Crippen LogP contribution in [0.5, 0.6) is 0 Å². The fourth-order valence-electron chi connectivity index (χ4n) is 3.75. The molecule has 6 heteroatoms. The van der Waals surface area contributed by atoms with Crippen LogP contribution in [0, 0.1) is 0 Å². The first-order valence-electron chi connectivity index (χ1n) is 8.66. The van der Waals surface area contributed by atoms with E-state index in [1.165, 1.54) is 19.1 Å². The van der Waals surface area contributed by atoms with Crippen molar-refractivity contribution in [1.29, 1.82) is 0 Å². The van der Waals surface area contributed by atoms with Gasteiger partial charge in [-0.15, -0.1) is 0 Å². The molecular formula is C17H27N3O2S. The van der Waals surface area contributed by atoms with E-state index in [2.05, 4.69) is 27.3 Å². The number of anilines is 1. The number of pyridine rings is 1.